The van der Waals surface area contributed by atoms with E-state index < -0.39 is 22.6 Å². The van der Waals surface area contributed by atoms with Crippen molar-refractivity contribution in [3.63, 3.8) is 0 Å². The fourth-order valence-corrected chi connectivity index (χ4v) is 7.00. The van der Waals surface area contributed by atoms with Crippen molar-refractivity contribution in [2.75, 3.05) is 17.9 Å². The van der Waals surface area contributed by atoms with Gasteiger partial charge in [-0.15, -0.1) is 0 Å². The Kier molecular flexibility index (Phi) is 6.85. The number of amides is 1. The lowest BCUT2D eigenvalue weighted by atomic mass is 9.65. The van der Waals surface area contributed by atoms with Crippen molar-refractivity contribution in [1.82, 2.24) is 4.90 Å². The van der Waals surface area contributed by atoms with E-state index in [-0.39, 0.29) is 38.3 Å². The molecular formula is C25H28Cl2N2O5S. The lowest BCUT2D eigenvalue weighted by Gasteiger charge is -2.39. The molecule has 4 rings (SSSR count). The second kappa shape index (κ2) is 9.30. The molecule has 1 saturated heterocycles. The van der Waals surface area contributed by atoms with Gasteiger partial charge in [0.25, 0.3) is 15.9 Å². The number of hydrogen-bond acceptors (Lipinski definition) is 5. The molecule has 2 unspecified atom stereocenters. The Bertz CT molecular complexity index is 1260. The van der Waals surface area contributed by atoms with Crippen LogP contribution < -0.4 is 4.72 Å². The van der Waals surface area contributed by atoms with Gasteiger partial charge in [-0.2, -0.15) is 0 Å². The number of carbonyl (C=O) groups excluding carboxylic acids is 2. The zero-order chi connectivity index (χ0) is 25.6. The molecule has 2 bridgehead atoms. The molecule has 1 aliphatic carbocycles. The fraction of sp³-hybridized carbons (Fsp3) is 0.440. The fourth-order valence-electron chi connectivity index (χ4n) is 5.60. The van der Waals surface area contributed by atoms with Crippen LogP contribution in [0.15, 0.2) is 47.4 Å². The van der Waals surface area contributed by atoms with Gasteiger partial charge in [0.15, 0.2) is 6.61 Å². The summed E-state index contributed by atoms with van der Waals surface area (Å²) in [5.41, 5.74) is 0.399. The lowest BCUT2D eigenvalue weighted by molar-refractivity contribution is -0.135. The number of anilines is 1. The summed E-state index contributed by atoms with van der Waals surface area (Å²) in [5, 5.41) is 0.494. The van der Waals surface area contributed by atoms with Crippen LogP contribution in [0.2, 0.25) is 10.0 Å². The third-order valence-corrected chi connectivity index (χ3v) is 8.59. The van der Waals surface area contributed by atoms with Gasteiger partial charge < -0.3 is 9.64 Å². The lowest BCUT2D eigenvalue weighted by Crippen LogP contribution is -2.39. The molecule has 1 aliphatic heterocycles. The third-order valence-electron chi connectivity index (χ3n) is 6.63. The average Bonchev–Trinajstić information content (AvgIpc) is 3.02. The van der Waals surface area contributed by atoms with Crippen molar-refractivity contribution >= 4 is 50.8 Å². The smallest absolute Gasteiger partial charge is 0.340 e. The van der Waals surface area contributed by atoms with Gasteiger partial charge in [-0.25, -0.2) is 13.2 Å². The van der Waals surface area contributed by atoms with E-state index in [1.807, 2.05) is 4.90 Å². The maximum atomic E-state index is 12.9. The largest absolute Gasteiger partial charge is 0.452 e. The number of nitrogens with zero attached hydrogens (tertiary/aromatic N) is 1. The first-order valence-corrected chi connectivity index (χ1v) is 13.6. The average molecular weight is 539 g/mol. The van der Waals surface area contributed by atoms with Crippen molar-refractivity contribution < 1.29 is 22.7 Å². The molecule has 2 aromatic rings. The molecule has 2 aliphatic rings. The number of fused-ring (bicyclic) bond motifs is 2. The minimum Gasteiger partial charge on any atom is -0.452 e. The molecule has 2 fully saturated rings. The van der Waals surface area contributed by atoms with Crippen LogP contribution in [0.25, 0.3) is 0 Å². The highest BCUT2D eigenvalue weighted by Gasteiger charge is 2.51. The zero-order valence-electron chi connectivity index (χ0n) is 19.8. The highest BCUT2D eigenvalue weighted by molar-refractivity contribution is 7.92. The zero-order valence-corrected chi connectivity index (χ0v) is 22.1. The Hall–Kier alpha value is -2.29. The summed E-state index contributed by atoms with van der Waals surface area (Å²) >= 11 is 12.0. The Labute approximate surface area is 215 Å². The second-order valence-electron chi connectivity index (χ2n) is 10.6. The van der Waals surface area contributed by atoms with Crippen LogP contribution in [0.5, 0.6) is 0 Å². The van der Waals surface area contributed by atoms with Gasteiger partial charge in [0.2, 0.25) is 0 Å². The molecule has 0 radical (unpaired) electrons. The number of nitrogens with one attached hydrogen (secondary N) is 1. The molecule has 1 saturated carbocycles. The first-order chi connectivity index (χ1) is 16.3. The van der Waals surface area contributed by atoms with Gasteiger partial charge in [0.05, 0.1) is 15.5 Å². The summed E-state index contributed by atoms with van der Waals surface area (Å²) in [4.78, 5) is 27.3. The number of ether oxygens (including phenoxy) is 1. The molecule has 7 nitrogen and oxygen atoms in total. The number of carbonyl (C=O) groups is 2. The number of benzene rings is 2. The Balaban J connectivity index is 1.44. The number of sulfonamides is 1. The minimum atomic E-state index is -4.01. The molecule has 10 heteroatoms. The highest BCUT2D eigenvalue weighted by atomic mass is 35.5. The summed E-state index contributed by atoms with van der Waals surface area (Å²) < 4.78 is 33.3. The quantitative estimate of drug-likeness (QED) is 0.498. The van der Waals surface area contributed by atoms with Gasteiger partial charge in [-0.3, -0.25) is 9.52 Å². The van der Waals surface area contributed by atoms with E-state index in [4.69, 9.17) is 27.9 Å². The van der Waals surface area contributed by atoms with Gasteiger partial charge in [-0.05, 0) is 72.6 Å². The standard InChI is InChI=1S/C25H28Cl2N2O5S/c1-24(2)11-18-12-25(3,14-24)15-29(18)22(30)13-34-23(31)20-10-19(8-9-21(20)27)35(32,33)28-17-6-4-16(26)5-7-17/h4-10,18,28H,11-15H2,1-3H3. The first kappa shape index (κ1) is 25.8. The van der Waals surface area contributed by atoms with Crippen molar-refractivity contribution in [2.45, 2.75) is 51.0 Å². The third kappa shape index (κ3) is 5.76. The molecule has 1 amide bonds. The Morgan fingerprint density at radius 3 is 2.46 bits per heavy atom. The topological polar surface area (TPSA) is 92.8 Å². The number of rotatable bonds is 6. The summed E-state index contributed by atoms with van der Waals surface area (Å²) in [5.74, 6) is -1.12. The van der Waals surface area contributed by atoms with E-state index in [1.54, 1.807) is 12.1 Å². The van der Waals surface area contributed by atoms with E-state index in [0.717, 1.165) is 25.3 Å². The molecular weight excluding hydrogens is 511 g/mol. The van der Waals surface area contributed by atoms with Crippen molar-refractivity contribution in [3.05, 3.63) is 58.1 Å². The summed E-state index contributed by atoms with van der Waals surface area (Å²) in [7, 11) is -4.01. The molecule has 0 aromatic heterocycles. The summed E-state index contributed by atoms with van der Waals surface area (Å²) in [6.07, 6.45) is 2.90. The minimum absolute atomic E-state index is 0.0270. The van der Waals surface area contributed by atoms with E-state index in [0.29, 0.717) is 17.3 Å². The van der Waals surface area contributed by atoms with Crippen LogP contribution in [-0.2, 0) is 19.6 Å². The molecule has 35 heavy (non-hydrogen) atoms. The first-order valence-electron chi connectivity index (χ1n) is 11.3. The van der Waals surface area contributed by atoms with Crippen LogP contribution >= 0.6 is 23.2 Å². The Morgan fingerprint density at radius 1 is 1.09 bits per heavy atom. The van der Waals surface area contributed by atoms with E-state index >= 15 is 0 Å². The molecule has 0 spiro atoms. The molecule has 1 N–H and O–H groups in total. The Morgan fingerprint density at radius 2 is 1.77 bits per heavy atom. The van der Waals surface area contributed by atoms with Crippen molar-refractivity contribution in [2.24, 2.45) is 10.8 Å². The van der Waals surface area contributed by atoms with Crippen LogP contribution in [0.4, 0.5) is 5.69 Å². The van der Waals surface area contributed by atoms with E-state index in [2.05, 4.69) is 25.5 Å². The second-order valence-corrected chi connectivity index (χ2v) is 13.1. The number of likely N-dealkylation sites (tertiary alicyclic amines) is 1. The number of hydrogen-bond donors (Lipinski definition) is 1. The van der Waals surface area contributed by atoms with Crippen molar-refractivity contribution in [3.8, 4) is 0 Å². The number of esters is 1. The number of halogens is 2. The van der Waals surface area contributed by atoms with Gasteiger partial charge in [-0.1, -0.05) is 44.0 Å². The summed E-state index contributed by atoms with van der Waals surface area (Å²) in [6, 6.07) is 10.0. The molecule has 188 valence electrons. The predicted molar refractivity (Wildman–Crippen MR) is 135 cm³/mol. The van der Waals surface area contributed by atoms with Crippen LogP contribution in [0.3, 0.4) is 0 Å². The van der Waals surface area contributed by atoms with Crippen LogP contribution in [0, 0.1) is 10.8 Å². The normalized spacial score (nSPS) is 23.1. The molecule has 1 heterocycles. The van der Waals surface area contributed by atoms with Crippen LogP contribution in [0.1, 0.15) is 50.4 Å². The summed E-state index contributed by atoms with van der Waals surface area (Å²) in [6.45, 7) is 6.85. The molecule has 2 atom stereocenters. The van der Waals surface area contributed by atoms with Gasteiger partial charge in [0.1, 0.15) is 0 Å². The van der Waals surface area contributed by atoms with E-state index in [9.17, 15) is 18.0 Å². The van der Waals surface area contributed by atoms with Gasteiger partial charge in [0, 0.05) is 23.3 Å². The molecule has 2 aromatic carbocycles. The van der Waals surface area contributed by atoms with E-state index in [1.165, 1.54) is 24.3 Å². The highest BCUT2D eigenvalue weighted by Crippen LogP contribution is 2.52. The van der Waals surface area contributed by atoms with Crippen molar-refractivity contribution in [1.29, 1.82) is 0 Å². The monoisotopic (exact) mass is 538 g/mol. The maximum Gasteiger partial charge on any atom is 0.340 e. The van der Waals surface area contributed by atoms with Gasteiger partial charge >= 0.3 is 5.97 Å². The predicted octanol–water partition coefficient (Wildman–Crippen LogP) is 5.38. The van der Waals surface area contributed by atoms with Crippen LogP contribution in [-0.4, -0.2) is 44.4 Å². The SMILES string of the molecule is CC1(C)CC2CC(C)(CN2C(=O)COC(=O)c2cc(S(=O)(=O)Nc3ccc(Cl)cc3)ccc2Cl)C1. The maximum absolute atomic E-state index is 12.9.